The Hall–Kier alpha value is -1.62. The first-order valence-electron chi connectivity index (χ1n) is 3.46. The van der Waals surface area contributed by atoms with Crippen molar-refractivity contribution in [3.8, 4) is 5.75 Å². The molecule has 0 bridgehead atoms. The molecule has 0 amide bonds. The van der Waals surface area contributed by atoms with Crippen LogP contribution in [0.25, 0.3) is 0 Å². The largest absolute Gasteiger partial charge is 0.429 e. The monoisotopic (exact) mass is 217 g/mol. The van der Waals surface area contributed by atoms with E-state index in [0.29, 0.717) is 0 Å². The van der Waals surface area contributed by atoms with E-state index in [2.05, 4.69) is 16.3 Å². The molecule has 5 nitrogen and oxygen atoms in total. The van der Waals surface area contributed by atoms with E-state index in [1.165, 1.54) is 30.6 Å². The Kier molecular flexibility index (Phi) is 6.06. The summed E-state index contributed by atoms with van der Waals surface area (Å²) in [6.45, 7) is 0.265. The second-order valence-electron chi connectivity index (χ2n) is 1.97. The van der Waals surface area contributed by atoms with Gasteiger partial charge in [-0.2, -0.15) is 0 Å². The van der Waals surface area contributed by atoms with E-state index in [-0.39, 0.29) is 17.9 Å². The molecule has 0 spiro atoms. The van der Waals surface area contributed by atoms with Gasteiger partial charge >= 0.3 is 0 Å². The highest BCUT2D eigenvalue weighted by molar-refractivity contribution is 6.15. The number of ether oxygens (including phenoxy) is 1. The van der Waals surface area contributed by atoms with E-state index in [0.717, 1.165) is 0 Å². The third kappa shape index (κ3) is 3.86. The lowest BCUT2D eigenvalue weighted by molar-refractivity contribution is -0.384. The third-order valence-corrected chi connectivity index (χ3v) is 1.23. The highest BCUT2D eigenvalue weighted by atomic mass is 35.5. The SMILES string of the molecule is CCl.O=COc1ccc([N+](=O)[O-])cc1. The van der Waals surface area contributed by atoms with Crippen LogP contribution >= 0.6 is 11.6 Å². The highest BCUT2D eigenvalue weighted by Crippen LogP contribution is 2.16. The Balaban J connectivity index is 0.000000791. The van der Waals surface area contributed by atoms with Crippen LogP contribution in [0.5, 0.6) is 5.75 Å². The Bertz CT molecular complexity index is 299. The summed E-state index contributed by atoms with van der Waals surface area (Å²) in [7, 11) is 0. The molecule has 76 valence electrons. The minimum Gasteiger partial charge on any atom is -0.429 e. The van der Waals surface area contributed by atoms with Gasteiger partial charge in [0.2, 0.25) is 0 Å². The van der Waals surface area contributed by atoms with E-state index in [1.54, 1.807) is 0 Å². The maximum Gasteiger partial charge on any atom is 0.298 e. The zero-order valence-electron chi connectivity index (χ0n) is 7.34. The van der Waals surface area contributed by atoms with Crippen molar-refractivity contribution in [3.63, 3.8) is 0 Å². The van der Waals surface area contributed by atoms with Gasteiger partial charge in [0.25, 0.3) is 12.2 Å². The number of non-ortho nitro benzene ring substituents is 1. The highest BCUT2D eigenvalue weighted by Gasteiger charge is 2.03. The molecule has 0 aliphatic rings. The maximum absolute atomic E-state index is 10.2. The number of carbonyl (C=O) groups excluding carboxylic acids is 1. The first-order chi connectivity index (χ1) is 6.74. The van der Waals surface area contributed by atoms with Gasteiger partial charge in [-0.25, -0.2) is 0 Å². The summed E-state index contributed by atoms with van der Waals surface area (Å²) < 4.78 is 4.44. The van der Waals surface area contributed by atoms with Gasteiger partial charge < -0.3 is 4.74 Å². The molecule has 0 aliphatic carbocycles. The van der Waals surface area contributed by atoms with Crippen molar-refractivity contribution in [2.75, 3.05) is 6.38 Å². The van der Waals surface area contributed by atoms with E-state index in [1.807, 2.05) is 0 Å². The molecule has 0 unspecified atom stereocenters. The number of carbonyl (C=O) groups is 1. The Morgan fingerprint density at radius 2 is 1.86 bits per heavy atom. The Morgan fingerprint density at radius 3 is 2.21 bits per heavy atom. The van der Waals surface area contributed by atoms with Crippen LogP contribution in [0, 0.1) is 10.1 Å². The molecule has 0 radical (unpaired) electrons. The molecule has 1 rings (SSSR count). The van der Waals surface area contributed by atoms with Gasteiger partial charge in [-0.05, 0) is 12.1 Å². The summed E-state index contributed by atoms with van der Waals surface area (Å²) in [6.07, 6.45) is 1.47. The molecule has 1 aromatic carbocycles. The average Bonchev–Trinajstić information content (AvgIpc) is 2.22. The molecule has 0 N–H and O–H groups in total. The van der Waals surface area contributed by atoms with Gasteiger partial charge in [-0.1, -0.05) is 0 Å². The van der Waals surface area contributed by atoms with Crippen LogP contribution in [0.1, 0.15) is 0 Å². The Morgan fingerprint density at radius 1 is 1.36 bits per heavy atom. The molecule has 0 aromatic heterocycles. The van der Waals surface area contributed by atoms with Crippen LogP contribution in [0.2, 0.25) is 0 Å². The molecule has 1 aromatic rings. The maximum atomic E-state index is 10.2. The molecule has 0 aliphatic heterocycles. The molecule has 6 heteroatoms. The van der Waals surface area contributed by atoms with Gasteiger partial charge in [0.15, 0.2) is 0 Å². The average molecular weight is 218 g/mol. The number of rotatable bonds is 3. The second kappa shape index (κ2) is 6.85. The zero-order valence-corrected chi connectivity index (χ0v) is 8.10. The predicted octanol–water partition coefficient (Wildman–Crippen LogP) is 1.98. The van der Waals surface area contributed by atoms with Crippen molar-refractivity contribution in [2.45, 2.75) is 0 Å². The Labute approximate surface area is 85.4 Å². The number of nitro benzene ring substituents is 1. The van der Waals surface area contributed by atoms with Crippen LogP contribution in [0.3, 0.4) is 0 Å². The number of alkyl halides is 1. The summed E-state index contributed by atoms with van der Waals surface area (Å²) >= 11 is 4.64. The number of halogens is 1. The number of nitrogens with zero attached hydrogens (tertiary/aromatic N) is 1. The van der Waals surface area contributed by atoms with Crippen molar-refractivity contribution in [1.29, 1.82) is 0 Å². The zero-order chi connectivity index (χ0) is 11.0. The molecular weight excluding hydrogens is 210 g/mol. The van der Waals surface area contributed by atoms with E-state index in [9.17, 15) is 14.9 Å². The first-order valence-corrected chi connectivity index (χ1v) is 4.22. The molecule has 0 atom stereocenters. The van der Waals surface area contributed by atoms with Crippen LogP contribution in [-0.2, 0) is 4.79 Å². The molecule has 0 saturated carbocycles. The second-order valence-corrected chi connectivity index (χ2v) is 1.97. The topological polar surface area (TPSA) is 69.4 Å². The molecule has 14 heavy (non-hydrogen) atoms. The summed E-state index contributed by atoms with van der Waals surface area (Å²) in [5.41, 5.74) is -0.0340. The first kappa shape index (κ1) is 12.4. The van der Waals surface area contributed by atoms with Crippen LogP contribution in [-0.4, -0.2) is 17.8 Å². The summed E-state index contributed by atoms with van der Waals surface area (Å²) in [5, 5.41) is 10.2. The van der Waals surface area contributed by atoms with E-state index < -0.39 is 4.92 Å². The molecular formula is C8H8ClNO4. The summed E-state index contributed by atoms with van der Waals surface area (Å²) in [5.74, 6) is 0.288. The van der Waals surface area contributed by atoms with Crippen molar-refractivity contribution < 1.29 is 14.5 Å². The fraction of sp³-hybridized carbons (Fsp3) is 0.125. The standard InChI is InChI=1S/C7H5NO4.CH3Cl/c9-5-12-7-3-1-6(2-4-7)8(10)11;1-2/h1-5H;1H3. The minimum absolute atomic E-state index is 0.0340. The lowest BCUT2D eigenvalue weighted by Gasteiger charge is -1.94. The third-order valence-electron chi connectivity index (χ3n) is 1.23. The quantitative estimate of drug-likeness (QED) is 0.336. The number of nitro groups is 1. The molecule has 0 saturated heterocycles. The van der Waals surface area contributed by atoms with Crippen LogP contribution < -0.4 is 4.74 Å². The summed E-state index contributed by atoms with van der Waals surface area (Å²) in [6, 6.07) is 5.23. The number of benzene rings is 1. The normalized spacial score (nSPS) is 8.14. The number of hydrogen-bond donors (Lipinski definition) is 0. The van der Waals surface area contributed by atoms with Crippen LogP contribution in [0.4, 0.5) is 5.69 Å². The van der Waals surface area contributed by atoms with Gasteiger partial charge in [0.05, 0.1) is 4.92 Å². The minimum atomic E-state index is -0.523. The van der Waals surface area contributed by atoms with Gasteiger partial charge in [-0.3, -0.25) is 14.9 Å². The van der Waals surface area contributed by atoms with E-state index in [4.69, 9.17) is 0 Å². The molecule has 0 fully saturated rings. The van der Waals surface area contributed by atoms with Crippen molar-refractivity contribution in [1.82, 2.24) is 0 Å². The summed E-state index contributed by atoms with van der Waals surface area (Å²) in [4.78, 5) is 19.5. The lowest BCUT2D eigenvalue weighted by Crippen LogP contribution is -1.90. The molecule has 0 heterocycles. The van der Waals surface area contributed by atoms with Gasteiger partial charge in [-0.15, -0.1) is 11.6 Å². The van der Waals surface area contributed by atoms with Crippen molar-refractivity contribution >= 4 is 23.8 Å². The fourth-order valence-corrected chi connectivity index (χ4v) is 0.702. The van der Waals surface area contributed by atoms with Gasteiger partial charge in [0.1, 0.15) is 5.75 Å². The smallest absolute Gasteiger partial charge is 0.298 e. The van der Waals surface area contributed by atoms with Crippen molar-refractivity contribution in [2.24, 2.45) is 0 Å². The fourth-order valence-electron chi connectivity index (χ4n) is 0.702. The van der Waals surface area contributed by atoms with E-state index >= 15 is 0 Å². The van der Waals surface area contributed by atoms with Crippen LogP contribution in [0.15, 0.2) is 24.3 Å². The van der Waals surface area contributed by atoms with Gasteiger partial charge in [0, 0.05) is 18.5 Å². The van der Waals surface area contributed by atoms with Crippen molar-refractivity contribution in [3.05, 3.63) is 34.4 Å². The lowest BCUT2D eigenvalue weighted by atomic mass is 10.3. The number of hydrogen-bond acceptors (Lipinski definition) is 4. The predicted molar refractivity (Wildman–Crippen MR) is 51.6 cm³/mol.